The van der Waals surface area contributed by atoms with E-state index < -0.39 is 5.97 Å². The van der Waals surface area contributed by atoms with Crippen LogP contribution in [0.2, 0.25) is 0 Å². The zero-order valence-electron chi connectivity index (χ0n) is 9.05. The van der Waals surface area contributed by atoms with E-state index in [-0.39, 0.29) is 0 Å². The summed E-state index contributed by atoms with van der Waals surface area (Å²) >= 11 is 0. The fourth-order valence-corrected chi connectivity index (χ4v) is 1.80. The van der Waals surface area contributed by atoms with E-state index in [1.165, 1.54) is 0 Å². The van der Waals surface area contributed by atoms with Crippen LogP contribution >= 0.6 is 0 Å². The summed E-state index contributed by atoms with van der Waals surface area (Å²) in [7, 11) is 0. The molecule has 1 heterocycles. The maximum atomic E-state index is 11.1. The van der Waals surface area contributed by atoms with Gasteiger partial charge in [0.15, 0.2) is 0 Å². The summed E-state index contributed by atoms with van der Waals surface area (Å²) in [6.45, 7) is 2.51. The standard InChI is InChI=1S/C13H13NO2/c1-2-3-8-14-11-7-5-4-6-10(11)9-12(14)13(15)16/h2-7,9H,8H2,1H3,(H,15,16). The van der Waals surface area contributed by atoms with E-state index in [1.807, 2.05) is 43.3 Å². The van der Waals surface area contributed by atoms with Gasteiger partial charge in [0.05, 0.1) is 0 Å². The first-order chi connectivity index (χ1) is 7.74. The number of aromatic carboxylic acids is 1. The summed E-state index contributed by atoms with van der Waals surface area (Å²) in [5, 5.41) is 10.1. The molecule has 3 nitrogen and oxygen atoms in total. The molecular weight excluding hydrogens is 202 g/mol. The molecule has 0 aliphatic carbocycles. The molecule has 2 aromatic rings. The second-order valence-electron chi connectivity index (χ2n) is 3.57. The number of hydrogen-bond donors (Lipinski definition) is 1. The minimum atomic E-state index is -0.888. The summed E-state index contributed by atoms with van der Waals surface area (Å²) in [6.07, 6.45) is 3.86. The average Bonchev–Trinajstić information content (AvgIpc) is 2.65. The highest BCUT2D eigenvalue weighted by Crippen LogP contribution is 2.19. The first-order valence-corrected chi connectivity index (χ1v) is 5.16. The molecule has 0 bridgehead atoms. The third kappa shape index (κ3) is 1.72. The maximum Gasteiger partial charge on any atom is 0.352 e. The number of rotatable bonds is 3. The van der Waals surface area contributed by atoms with E-state index in [2.05, 4.69) is 0 Å². The van der Waals surface area contributed by atoms with Gasteiger partial charge in [-0.1, -0.05) is 30.4 Å². The highest BCUT2D eigenvalue weighted by molar-refractivity contribution is 5.94. The third-order valence-electron chi connectivity index (χ3n) is 2.55. The third-order valence-corrected chi connectivity index (χ3v) is 2.55. The Bertz CT molecular complexity index is 552. The van der Waals surface area contributed by atoms with Crippen molar-refractivity contribution in [3.8, 4) is 0 Å². The minimum Gasteiger partial charge on any atom is -0.477 e. The SMILES string of the molecule is CC=CCn1c(C(=O)O)cc2ccccc21. The number of benzene rings is 1. The molecule has 0 spiro atoms. The molecule has 82 valence electrons. The molecule has 0 radical (unpaired) electrons. The van der Waals surface area contributed by atoms with Crippen LogP contribution in [-0.2, 0) is 6.54 Å². The van der Waals surface area contributed by atoms with Crippen molar-refractivity contribution in [2.24, 2.45) is 0 Å². The normalized spacial score (nSPS) is 11.3. The molecule has 0 saturated carbocycles. The Labute approximate surface area is 93.6 Å². The average molecular weight is 215 g/mol. The zero-order chi connectivity index (χ0) is 11.5. The zero-order valence-corrected chi connectivity index (χ0v) is 9.05. The topological polar surface area (TPSA) is 42.2 Å². The number of aromatic nitrogens is 1. The van der Waals surface area contributed by atoms with Crippen LogP contribution in [0.5, 0.6) is 0 Å². The van der Waals surface area contributed by atoms with Crippen molar-refractivity contribution < 1.29 is 9.90 Å². The lowest BCUT2D eigenvalue weighted by Gasteiger charge is -2.04. The number of carboxylic acid groups (broad SMARTS) is 1. The molecular formula is C13H13NO2. The van der Waals surface area contributed by atoms with Gasteiger partial charge >= 0.3 is 5.97 Å². The van der Waals surface area contributed by atoms with E-state index >= 15 is 0 Å². The van der Waals surface area contributed by atoms with Crippen LogP contribution in [0.25, 0.3) is 10.9 Å². The van der Waals surface area contributed by atoms with E-state index in [9.17, 15) is 4.79 Å². The molecule has 16 heavy (non-hydrogen) atoms. The molecule has 0 unspecified atom stereocenters. The van der Waals surface area contributed by atoms with Crippen molar-refractivity contribution in [2.75, 3.05) is 0 Å². The highest BCUT2D eigenvalue weighted by atomic mass is 16.4. The number of carboxylic acids is 1. The van der Waals surface area contributed by atoms with Gasteiger partial charge in [-0.05, 0) is 19.1 Å². The largest absolute Gasteiger partial charge is 0.477 e. The number of nitrogens with zero attached hydrogens (tertiary/aromatic N) is 1. The molecule has 1 aromatic heterocycles. The lowest BCUT2D eigenvalue weighted by Crippen LogP contribution is -2.07. The van der Waals surface area contributed by atoms with Crippen molar-refractivity contribution in [3.05, 3.63) is 48.2 Å². The van der Waals surface area contributed by atoms with Crippen LogP contribution in [0.1, 0.15) is 17.4 Å². The Balaban J connectivity index is 2.64. The van der Waals surface area contributed by atoms with Gasteiger partial charge in [-0.25, -0.2) is 4.79 Å². The fourth-order valence-electron chi connectivity index (χ4n) is 1.80. The first kappa shape index (κ1) is 10.5. The van der Waals surface area contributed by atoms with Gasteiger partial charge in [0.25, 0.3) is 0 Å². The second kappa shape index (κ2) is 4.23. The highest BCUT2D eigenvalue weighted by Gasteiger charge is 2.12. The number of allylic oxidation sites excluding steroid dienone is 2. The summed E-state index contributed by atoms with van der Waals surface area (Å²) in [5.41, 5.74) is 1.29. The predicted molar refractivity (Wildman–Crippen MR) is 63.7 cm³/mol. The summed E-state index contributed by atoms with van der Waals surface area (Å²) in [6, 6.07) is 9.40. The van der Waals surface area contributed by atoms with E-state index in [4.69, 9.17) is 5.11 Å². The molecule has 0 saturated heterocycles. The molecule has 1 N–H and O–H groups in total. The molecule has 0 atom stereocenters. The lowest BCUT2D eigenvalue weighted by atomic mass is 10.2. The number of hydrogen-bond acceptors (Lipinski definition) is 1. The first-order valence-electron chi connectivity index (χ1n) is 5.16. The number of para-hydroxylation sites is 1. The van der Waals surface area contributed by atoms with Crippen molar-refractivity contribution in [3.63, 3.8) is 0 Å². The van der Waals surface area contributed by atoms with Crippen molar-refractivity contribution in [1.29, 1.82) is 0 Å². The Morgan fingerprint density at radius 1 is 1.44 bits per heavy atom. The van der Waals surface area contributed by atoms with E-state index in [0.717, 1.165) is 10.9 Å². The van der Waals surface area contributed by atoms with E-state index in [0.29, 0.717) is 12.2 Å². The Morgan fingerprint density at radius 2 is 2.19 bits per heavy atom. The monoisotopic (exact) mass is 215 g/mol. The van der Waals surface area contributed by atoms with Gasteiger partial charge in [-0.15, -0.1) is 0 Å². The molecule has 0 aliphatic rings. The van der Waals surface area contributed by atoms with Crippen LogP contribution in [0.15, 0.2) is 42.5 Å². The van der Waals surface area contributed by atoms with Crippen LogP contribution in [-0.4, -0.2) is 15.6 Å². The molecule has 0 amide bonds. The Morgan fingerprint density at radius 3 is 2.88 bits per heavy atom. The predicted octanol–water partition coefficient (Wildman–Crippen LogP) is 2.92. The van der Waals surface area contributed by atoms with Crippen molar-refractivity contribution >= 4 is 16.9 Å². The summed E-state index contributed by atoms with van der Waals surface area (Å²) in [4.78, 5) is 11.1. The van der Waals surface area contributed by atoms with Gasteiger partial charge in [0.2, 0.25) is 0 Å². The molecule has 1 aromatic carbocycles. The molecule has 3 heteroatoms. The summed E-state index contributed by atoms with van der Waals surface area (Å²) < 4.78 is 1.80. The van der Waals surface area contributed by atoms with Crippen LogP contribution in [0, 0.1) is 0 Å². The Hall–Kier alpha value is -2.03. The summed E-state index contributed by atoms with van der Waals surface area (Å²) in [5.74, 6) is -0.888. The number of fused-ring (bicyclic) bond motifs is 1. The maximum absolute atomic E-state index is 11.1. The minimum absolute atomic E-state index is 0.333. The quantitative estimate of drug-likeness (QED) is 0.800. The molecule has 0 fully saturated rings. The van der Waals surface area contributed by atoms with Gasteiger partial charge in [0.1, 0.15) is 5.69 Å². The Kier molecular flexibility index (Phi) is 2.77. The number of carbonyl (C=O) groups is 1. The van der Waals surface area contributed by atoms with E-state index in [1.54, 1.807) is 10.6 Å². The van der Waals surface area contributed by atoms with Crippen LogP contribution < -0.4 is 0 Å². The van der Waals surface area contributed by atoms with Gasteiger partial charge in [0, 0.05) is 17.4 Å². The smallest absolute Gasteiger partial charge is 0.352 e. The molecule has 2 rings (SSSR count). The fraction of sp³-hybridized carbons (Fsp3) is 0.154. The van der Waals surface area contributed by atoms with Gasteiger partial charge in [-0.2, -0.15) is 0 Å². The second-order valence-corrected chi connectivity index (χ2v) is 3.57. The lowest BCUT2D eigenvalue weighted by molar-refractivity contribution is 0.0686. The van der Waals surface area contributed by atoms with Gasteiger partial charge in [-0.3, -0.25) is 0 Å². The van der Waals surface area contributed by atoms with Crippen LogP contribution in [0.3, 0.4) is 0 Å². The van der Waals surface area contributed by atoms with Gasteiger partial charge < -0.3 is 9.67 Å². The van der Waals surface area contributed by atoms with Crippen molar-refractivity contribution in [2.45, 2.75) is 13.5 Å². The van der Waals surface area contributed by atoms with Crippen molar-refractivity contribution in [1.82, 2.24) is 4.57 Å². The van der Waals surface area contributed by atoms with Crippen LogP contribution in [0.4, 0.5) is 0 Å². The molecule has 0 aliphatic heterocycles.